The molecular weight excluding hydrogens is 294 g/mol. The number of halogens is 1. The molecule has 0 unspecified atom stereocenters. The first-order valence-corrected chi connectivity index (χ1v) is 6.29. The van der Waals surface area contributed by atoms with Crippen LogP contribution in [0.2, 0.25) is 0 Å². The molecule has 0 amide bonds. The molecule has 0 saturated heterocycles. The minimum absolute atomic E-state index is 0.416. The van der Waals surface area contributed by atoms with Gasteiger partial charge in [0.05, 0.1) is 7.11 Å². The van der Waals surface area contributed by atoms with E-state index in [1.807, 2.05) is 42.5 Å². The Labute approximate surface area is 115 Å². The Balaban J connectivity index is 2.11. The Bertz CT molecular complexity index is 543. The van der Waals surface area contributed by atoms with Crippen LogP contribution in [0.4, 0.5) is 5.69 Å². The first-order valence-electron chi connectivity index (χ1n) is 5.50. The summed E-state index contributed by atoms with van der Waals surface area (Å²) in [5.74, 6) is 1.43. The predicted molar refractivity (Wildman–Crippen MR) is 75.9 cm³/mol. The quantitative estimate of drug-likeness (QED) is 0.877. The van der Waals surface area contributed by atoms with Gasteiger partial charge >= 0.3 is 0 Å². The fraction of sp³-hybridized carbons (Fsp3) is 0.143. The fourth-order valence-corrected chi connectivity index (χ4v) is 1.97. The average molecular weight is 308 g/mol. The first kappa shape index (κ1) is 12.8. The normalized spacial score (nSPS) is 10.1. The minimum atomic E-state index is 0.416. The zero-order valence-corrected chi connectivity index (χ0v) is 11.6. The van der Waals surface area contributed by atoms with Crippen molar-refractivity contribution in [2.45, 2.75) is 6.61 Å². The molecule has 0 radical (unpaired) electrons. The number of nitrogens with two attached hydrogens (primary N) is 1. The van der Waals surface area contributed by atoms with Crippen LogP contribution in [0.25, 0.3) is 0 Å². The molecular formula is C14H14BrNO2. The molecule has 18 heavy (non-hydrogen) atoms. The number of anilines is 1. The fourth-order valence-electron chi connectivity index (χ4n) is 1.59. The van der Waals surface area contributed by atoms with Crippen LogP contribution < -0.4 is 15.2 Å². The van der Waals surface area contributed by atoms with Crippen molar-refractivity contribution in [3.63, 3.8) is 0 Å². The van der Waals surface area contributed by atoms with E-state index in [9.17, 15) is 0 Å². The van der Waals surface area contributed by atoms with Crippen LogP contribution in [-0.2, 0) is 6.61 Å². The molecule has 4 heteroatoms. The predicted octanol–water partition coefficient (Wildman–Crippen LogP) is 3.62. The zero-order chi connectivity index (χ0) is 13.0. The number of ether oxygens (including phenoxy) is 2. The second-order valence-corrected chi connectivity index (χ2v) is 4.70. The number of rotatable bonds is 4. The highest BCUT2D eigenvalue weighted by atomic mass is 79.9. The molecule has 2 rings (SSSR count). The summed E-state index contributed by atoms with van der Waals surface area (Å²) < 4.78 is 11.9. The molecule has 0 bridgehead atoms. The topological polar surface area (TPSA) is 44.5 Å². The van der Waals surface area contributed by atoms with Gasteiger partial charge in [-0.2, -0.15) is 0 Å². The average Bonchev–Trinajstić information content (AvgIpc) is 2.38. The van der Waals surface area contributed by atoms with Gasteiger partial charge in [-0.05, 0) is 24.3 Å². The second-order valence-electron chi connectivity index (χ2n) is 3.78. The number of methoxy groups -OCH3 is 1. The van der Waals surface area contributed by atoms with Crippen LogP contribution in [0, 0.1) is 0 Å². The largest absolute Gasteiger partial charge is 0.493 e. The van der Waals surface area contributed by atoms with Crippen molar-refractivity contribution in [1.29, 1.82) is 0 Å². The smallest absolute Gasteiger partial charge is 0.161 e. The number of hydrogen-bond donors (Lipinski definition) is 1. The van der Waals surface area contributed by atoms with Crippen molar-refractivity contribution in [2.75, 3.05) is 12.8 Å². The number of benzene rings is 2. The van der Waals surface area contributed by atoms with Gasteiger partial charge in [-0.3, -0.25) is 0 Å². The van der Waals surface area contributed by atoms with Gasteiger partial charge in [0.15, 0.2) is 11.5 Å². The molecule has 0 aliphatic heterocycles. The molecule has 2 N–H and O–H groups in total. The van der Waals surface area contributed by atoms with Crippen molar-refractivity contribution in [2.24, 2.45) is 0 Å². The molecule has 0 heterocycles. The highest BCUT2D eigenvalue weighted by molar-refractivity contribution is 9.10. The first-order chi connectivity index (χ1) is 8.70. The van der Waals surface area contributed by atoms with Crippen LogP contribution in [-0.4, -0.2) is 7.11 Å². The van der Waals surface area contributed by atoms with E-state index in [2.05, 4.69) is 15.9 Å². The van der Waals surface area contributed by atoms with E-state index in [1.54, 1.807) is 7.11 Å². The zero-order valence-electron chi connectivity index (χ0n) is 10.0. The summed E-state index contributed by atoms with van der Waals surface area (Å²) in [7, 11) is 1.62. The maximum Gasteiger partial charge on any atom is 0.161 e. The Morgan fingerprint density at radius 1 is 1.11 bits per heavy atom. The molecule has 0 aliphatic carbocycles. The van der Waals surface area contributed by atoms with Gasteiger partial charge in [0, 0.05) is 15.7 Å². The summed E-state index contributed by atoms with van der Waals surface area (Å²) in [5, 5.41) is 0. The van der Waals surface area contributed by atoms with E-state index in [-0.39, 0.29) is 0 Å². The standard InChI is InChI=1S/C14H14BrNO2/c1-17-13-4-2-3-5-14(13)18-9-10-6-7-11(15)8-12(10)16/h2-8H,9,16H2,1H3. The van der Waals surface area contributed by atoms with E-state index >= 15 is 0 Å². The van der Waals surface area contributed by atoms with E-state index < -0.39 is 0 Å². The molecule has 0 aromatic heterocycles. The summed E-state index contributed by atoms with van der Waals surface area (Å²) in [4.78, 5) is 0. The lowest BCUT2D eigenvalue weighted by molar-refractivity contribution is 0.285. The van der Waals surface area contributed by atoms with Gasteiger partial charge in [0.25, 0.3) is 0 Å². The molecule has 0 spiro atoms. The van der Waals surface area contributed by atoms with Crippen molar-refractivity contribution >= 4 is 21.6 Å². The summed E-state index contributed by atoms with van der Waals surface area (Å²) in [5.41, 5.74) is 7.57. The van der Waals surface area contributed by atoms with Crippen LogP contribution >= 0.6 is 15.9 Å². The van der Waals surface area contributed by atoms with Gasteiger partial charge in [-0.1, -0.05) is 34.1 Å². The lowest BCUT2D eigenvalue weighted by Gasteiger charge is -2.11. The lowest BCUT2D eigenvalue weighted by atomic mass is 10.2. The third-order valence-corrected chi connectivity index (χ3v) is 3.05. The maximum atomic E-state index is 5.91. The monoisotopic (exact) mass is 307 g/mol. The molecule has 0 atom stereocenters. The van der Waals surface area contributed by atoms with Crippen LogP contribution in [0.3, 0.4) is 0 Å². The SMILES string of the molecule is COc1ccccc1OCc1ccc(Br)cc1N. The Morgan fingerprint density at radius 2 is 1.83 bits per heavy atom. The summed E-state index contributed by atoms with van der Waals surface area (Å²) in [6.45, 7) is 0.416. The highest BCUT2D eigenvalue weighted by Gasteiger charge is 2.05. The molecule has 0 saturated carbocycles. The van der Waals surface area contributed by atoms with E-state index in [4.69, 9.17) is 15.2 Å². The lowest BCUT2D eigenvalue weighted by Crippen LogP contribution is -2.01. The molecule has 94 valence electrons. The third-order valence-electron chi connectivity index (χ3n) is 2.56. The summed E-state index contributed by atoms with van der Waals surface area (Å²) in [6.07, 6.45) is 0. The van der Waals surface area contributed by atoms with E-state index in [0.29, 0.717) is 23.8 Å². The van der Waals surface area contributed by atoms with Gasteiger partial charge in [-0.15, -0.1) is 0 Å². The van der Waals surface area contributed by atoms with Crippen molar-refractivity contribution in [3.8, 4) is 11.5 Å². The van der Waals surface area contributed by atoms with Crippen LogP contribution in [0.5, 0.6) is 11.5 Å². The molecule has 2 aromatic carbocycles. The van der Waals surface area contributed by atoms with Gasteiger partial charge < -0.3 is 15.2 Å². The Hall–Kier alpha value is -1.68. The number of nitrogen functional groups attached to an aromatic ring is 1. The van der Waals surface area contributed by atoms with E-state index in [0.717, 1.165) is 10.0 Å². The Morgan fingerprint density at radius 3 is 2.50 bits per heavy atom. The maximum absolute atomic E-state index is 5.91. The Kier molecular flexibility index (Phi) is 4.10. The minimum Gasteiger partial charge on any atom is -0.493 e. The van der Waals surface area contributed by atoms with Crippen LogP contribution in [0.15, 0.2) is 46.9 Å². The second kappa shape index (κ2) is 5.78. The van der Waals surface area contributed by atoms with Crippen LogP contribution in [0.1, 0.15) is 5.56 Å². The number of para-hydroxylation sites is 2. The van der Waals surface area contributed by atoms with Crippen molar-refractivity contribution in [1.82, 2.24) is 0 Å². The molecule has 3 nitrogen and oxygen atoms in total. The van der Waals surface area contributed by atoms with Crippen molar-refractivity contribution in [3.05, 3.63) is 52.5 Å². The summed E-state index contributed by atoms with van der Waals surface area (Å²) in [6, 6.07) is 13.3. The van der Waals surface area contributed by atoms with Gasteiger partial charge in [0.2, 0.25) is 0 Å². The molecule has 2 aromatic rings. The van der Waals surface area contributed by atoms with Gasteiger partial charge in [0.1, 0.15) is 6.61 Å². The molecule has 0 aliphatic rings. The number of hydrogen-bond acceptors (Lipinski definition) is 3. The summed E-state index contributed by atoms with van der Waals surface area (Å²) >= 11 is 3.37. The third kappa shape index (κ3) is 2.96. The highest BCUT2D eigenvalue weighted by Crippen LogP contribution is 2.27. The van der Waals surface area contributed by atoms with Crippen molar-refractivity contribution < 1.29 is 9.47 Å². The van der Waals surface area contributed by atoms with E-state index in [1.165, 1.54) is 0 Å². The molecule has 0 fully saturated rings. The van der Waals surface area contributed by atoms with Gasteiger partial charge in [-0.25, -0.2) is 0 Å².